The zero-order valence-corrected chi connectivity index (χ0v) is 15.8. The molecule has 0 saturated carbocycles. The summed E-state index contributed by atoms with van der Waals surface area (Å²) in [4.78, 5) is 16.5. The van der Waals surface area contributed by atoms with Crippen LogP contribution < -0.4 is 15.1 Å². The average Bonchev–Trinajstić information content (AvgIpc) is 3.02. The summed E-state index contributed by atoms with van der Waals surface area (Å²) in [5.41, 5.74) is 2.32. The predicted molar refractivity (Wildman–Crippen MR) is 105 cm³/mol. The summed E-state index contributed by atoms with van der Waals surface area (Å²) in [6.07, 6.45) is 6.33. The summed E-state index contributed by atoms with van der Waals surface area (Å²) in [5, 5.41) is 3.83. The minimum absolute atomic E-state index is 0.255. The molecular weight excluding hydrogens is 326 g/mol. The topological polar surface area (TPSA) is 44.8 Å². The second-order valence-electron chi connectivity index (χ2n) is 7.98. The summed E-state index contributed by atoms with van der Waals surface area (Å²) in [6, 6.07) is 10.2. The highest BCUT2D eigenvalue weighted by Gasteiger charge is 2.29. The van der Waals surface area contributed by atoms with Gasteiger partial charge in [-0.15, -0.1) is 0 Å². The molecule has 3 saturated heterocycles. The number of piperidine rings is 1. The molecule has 1 aromatic rings. The lowest BCUT2D eigenvalue weighted by molar-refractivity contribution is -0.117. The number of hydrogen-bond acceptors (Lipinski definition) is 4. The molecule has 1 amide bonds. The molecule has 3 aliphatic rings. The Hall–Kier alpha value is -1.59. The third-order valence-corrected chi connectivity index (χ3v) is 6.17. The molecular formula is C21H31N3O2. The van der Waals surface area contributed by atoms with E-state index in [2.05, 4.69) is 41.4 Å². The van der Waals surface area contributed by atoms with Gasteiger partial charge in [0.2, 0.25) is 5.91 Å². The van der Waals surface area contributed by atoms with Crippen LogP contribution in [-0.4, -0.2) is 50.3 Å². The highest BCUT2D eigenvalue weighted by atomic mass is 16.5. The largest absolute Gasteiger partial charge is 0.381 e. The van der Waals surface area contributed by atoms with E-state index in [1.165, 1.54) is 18.5 Å². The van der Waals surface area contributed by atoms with Gasteiger partial charge in [0.15, 0.2) is 0 Å². The van der Waals surface area contributed by atoms with Crippen molar-refractivity contribution in [2.45, 2.75) is 63.6 Å². The molecule has 4 rings (SSSR count). The molecule has 5 nitrogen and oxygen atoms in total. The number of rotatable bonds is 4. The Morgan fingerprint density at radius 2 is 1.54 bits per heavy atom. The monoisotopic (exact) mass is 357 g/mol. The molecule has 3 fully saturated rings. The van der Waals surface area contributed by atoms with Crippen LogP contribution in [-0.2, 0) is 9.53 Å². The zero-order valence-electron chi connectivity index (χ0n) is 15.8. The molecule has 0 aromatic heterocycles. The van der Waals surface area contributed by atoms with Gasteiger partial charge in [-0.05, 0) is 63.3 Å². The van der Waals surface area contributed by atoms with E-state index in [0.717, 1.165) is 51.3 Å². The highest BCUT2D eigenvalue weighted by Crippen LogP contribution is 2.29. The maximum atomic E-state index is 12.1. The molecule has 5 heteroatoms. The second-order valence-corrected chi connectivity index (χ2v) is 7.98. The first-order valence-corrected chi connectivity index (χ1v) is 10.2. The number of benzene rings is 1. The quantitative estimate of drug-likeness (QED) is 0.900. The van der Waals surface area contributed by atoms with Gasteiger partial charge in [0, 0.05) is 62.2 Å². The summed E-state index contributed by atoms with van der Waals surface area (Å²) in [6.45, 7) is 6.13. The minimum atomic E-state index is 0.255. The zero-order chi connectivity index (χ0) is 17.9. The summed E-state index contributed by atoms with van der Waals surface area (Å²) in [7, 11) is 0. The Morgan fingerprint density at radius 3 is 2.15 bits per heavy atom. The second kappa shape index (κ2) is 7.97. The molecule has 3 aliphatic heterocycles. The Morgan fingerprint density at radius 1 is 0.923 bits per heavy atom. The van der Waals surface area contributed by atoms with Crippen molar-refractivity contribution < 1.29 is 9.53 Å². The van der Waals surface area contributed by atoms with E-state index in [-0.39, 0.29) is 5.91 Å². The lowest BCUT2D eigenvalue weighted by atomic mass is 10.0. The molecule has 142 valence electrons. The molecule has 0 aliphatic carbocycles. The maximum absolute atomic E-state index is 12.1. The Labute approximate surface area is 156 Å². The Balaban J connectivity index is 1.31. The fourth-order valence-electron chi connectivity index (χ4n) is 4.55. The van der Waals surface area contributed by atoms with E-state index in [9.17, 15) is 4.79 Å². The van der Waals surface area contributed by atoms with Crippen LogP contribution in [0.5, 0.6) is 0 Å². The van der Waals surface area contributed by atoms with Crippen LogP contribution in [0.25, 0.3) is 0 Å². The van der Waals surface area contributed by atoms with Gasteiger partial charge < -0.3 is 19.9 Å². The van der Waals surface area contributed by atoms with Gasteiger partial charge in [0.1, 0.15) is 0 Å². The maximum Gasteiger partial charge on any atom is 0.227 e. The van der Waals surface area contributed by atoms with Crippen molar-refractivity contribution in [2.24, 2.45) is 0 Å². The predicted octanol–water partition coefficient (Wildman–Crippen LogP) is 2.94. The van der Waals surface area contributed by atoms with E-state index in [1.807, 2.05) is 4.90 Å². The van der Waals surface area contributed by atoms with Crippen LogP contribution >= 0.6 is 0 Å². The molecule has 0 bridgehead atoms. The summed E-state index contributed by atoms with van der Waals surface area (Å²) in [5.74, 6) is 0.255. The van der Waals surface area contributed by atoms with Gasteiger partial charge in [0.05, 0.1) is 0 Å². The van der Waals surface area contributed by atoms with Crippen LogP contribution in [0, 0.1) is 0 Å². The van der Waals surface area contributed by atoms with Crippen LogP contribution in [0.3, 0.4) is 0 Å². The van der Waals surface area contributed by atoms with Crippen molar-refractivity contribution in [1.29, 1.82) is 0 Å². The van der Waals surface area contributed by atoms with Crippen LogP contribution in [0.1, 0.15) is 45.4 Å². The van der Waals surface area contributed by atoms with E-state index in [4.69, 9.17) is 4.74 Å². The van der Waals surface area contributed by atoms with Gasteiger partial charge >= 0.3 is 0 Å². The van der Waals surface area contributed by atoms with Crippen molar-refractivity contribution in [3.8, 4) is 0 Å². The summed E-state index contributed by atoms with van der Waals surface area (Å²) >= 11 is 0. The van der Waals surface area contributed by atoms with Crippen LogP contribution in [0.15, 0.2) is 24.3 Å². The fraction of sp³-hybridized carbons (Fsp3) is 0.667. The van der Waals surface area contributed by atoms with Crippen LogP contribution in [0.2, 0.25) is 0 Å². The third kappa shape index (κ3) is 3.89. The fourth-order valence-corrected chi connectivity index (χ4v) is 4.55. The standard InChI is InChI=1S/C21H31N3O2/c1-16-2-7-21(25)24(16)20-5-3-19(4-6-20)23-12-8-17(9-13-23)22-18-10-14-26-15-11-18/h3-6,16-18,22H,2,7-15H2,1H3/t16-/m0/s1. The average molecular weight is 357 g/mol. The van der Waals surface area contributed by atoms with Gasteiger partial charge in [0.25, 0.3) is 0 Å². The first-order valence-electron chi connectivity index (χ1n) is 10.2. The number of amides is 1. The van der Waals surface area contributed by atoms with Gasteiger partial charge in [-0.25, -0.2) is 0 Å². The lowest BCUT2D eigenvalue weighted by Gasteiger charge is -2.36. The van der Waals surface area contributed by atoms with Crippen molar-refractivity contribution >= 4 is 17.3 Å². The SMILES string of the molecule is C[C@H]1CCC(=O)N1c1ccc(N2CCC(NC3CCOCC3)CC2)cc1. The van der Waals surface area contributed by atoms with Gasteiger partial charge in [-0.3, -0.25) is 4.79 Å². The van der Waals surface area contributed by atoms with E-state index >= 15 is 0 Å². The number of ether oxygens (including phenoxy) is 1. The number of anilines is 2. The smallest absolute Gasteiger partial charge is 0.227 e. The normalized spacial score (nSPS) is 25.9. The number of carbonyl (C=O) groups is 1. The molecule has 1 aromatic carbocycles. The number of nitrogens with one attached hydrogen (secondary N) is 1. The van der Waals surface area contributed by atoms with Crippen molar-refractivity contribution in [2.75, 3.05) is 36.1 Å². The van der Waals surface area contributed by atoms with Crippen molar-refractivity contribution in [3.63, 3.8) is 0 Å². The first-order chi connectivity index (χ1) is 12.7. The molecule has 26 heavy (non-hydrogen) atoms. The molecule has 1 atom stereocenters. The lowest BCUT2D eigenvalue weighted by Crippen LogP contribution is -2.47. The molecule has 0 radical (unpaired) electrons. The van der Waals surface area contributed by atoms with Crippen molar-refractivity contribution in [3.05, 3.63) is 24.3 Å². The van der Waals surface area contributed by atoms with E-state index < -0.39 is 0 Å². The number of nitrogens with zero attached hydrogens (tertiary/aromatic N) is 2. The van der Waals surface area contributed by atoms with E-state index in [1.54, 1.807) is 0 Å². The van der Waals surface area contributed by atoms with Crippen LogP contribution in [0.4, 0.5) is 11.4 Å². The van der Waals surface area contributed by atoms with Gasteiger partial charge in [-0.1, -0.05) is 0 Å². The van der Waals surface area contributed by atoms with Gasteiger partial charge in [-0.2, -0.15) is 0 Å². The number of carbonyl (C=O) groups excluding carboxylic acids is 1. The highest BCUT2D eigenvalue weighted by molar-refractivity contribution is 5.96. The van der Waals surface area contributed by atoms with Crippen molar-refractivity contribution in [1.82, 2.24) is 5.32 Å². The Kier molecular flexibility index (Phi) is 5.46. The minimum Gasteiger partial charge on any atom is -0.381 e. The molecule has 0 unspecified atom stereocenters. The molecule has 1 N–H and O–H groups in total. The Bertz CT molecular complexity index is 604. The third-order valence-electron chi connectivity index (χ3n) is 6.17. The summed E-state index contributed by atoms with van der Waals surface area (Å²) < 4.78 is 5.45. The molecule has 0 spiro atoms. The number of hydrogen-bond donors (Lipinski definition) is 1. The first kappa shape index (κ1) is 17.8. The van der Waals surface area contributed by atoms with E-state index in [0.29, 0.717) is 24.5 Å². The molecule has 3 heterocycles.